The van der Waals surface area contributed by atoms with Crippen molar-refractivity contribution < 1.29 is 0 Å². The van der Waals surface area contributed by atoms with E-state index in [4.69, 9.17) is 0 Å². The van der Waals surface area contributed by atoms with E-state index in [2.05, 4.69) is 21.3 Å². The Hall–Kier alpha value is -1.09. The molecule has 15 heavy (non-hydrogen) atoms. The van der Waals surface area contributed by atoms with E-state index >= 15 is 0 Å². The largest absolute Gasteiger partial charge is 0.366 e. The summed E-state index contributed by atoms with van der Waals surface area (Å²) < 4.78 is 0. The highest BCUT2D eigenvalue weighted by Gasteiger charge is 2.34. The molecule has 3 rings (SSSR count). The molecule has 2 aliphatic heterocycles. The molecule has 3 nitrogen and oxygen atoms in total. The molecule has 3 heteroatoms. The quantitative estimate of drug-likeness (QED) is 0.745. The van der Waals surface area contributed by atoms with Gasteiger partial charge in [0.05, 0.1) is 11.9 Å². The Kier molecular flexibility index (Phi) is 2.33. The molecule has 2 aliphatic rings. The van der Waals surface area contributed by atoms with Crippen molar-refractivity contribution in [3.05, 3.63) is 24.5 Å². The van der Waals surface area contributed by atoms with E-state index < -0.39 is 0 Å². The van der Waals surface area contributed by atoms with Gasteiger partial charge in [0.15, 0.2) is 0 Å². The van der Waals surface area contributed by atoms with E-state index in [9.17, 15) is 0 Å². The van der Waals surface area contributed by atoms with E-state index in [-0.39, 0.29) is 0 Å². The van der Waals surface area contributed by atoms with Crippen LogP contribution in [0.2, 0.25) is 0 Å². The highest BCUT2D eigenvalue weighted by molar-refractivity contribution is 5.46. The number of fused-ring (bicyclic) bond motifs is 1. The SMILES string of the molecule is c1cncc(N2CCCC3CNCC32)c1. The van der Waals surface area contributed by atoms with Gasteiger partial charge in [-0.2, -0.15) is 0 Å². The lowest BCUT2D eigenvalue weighted by molar-refractivity contribution is 0.385. The Bertz CT molecular complexity index is 325. The van der Waals surface area contributed by atoms with Crippen molar-refractivity contribution in [2.24, 2.45) is 5.92 Å². The Morgan fingerprint density at radius 1 is 1.40 bits per heavy atom. The van der Waals surface area contributed by atoms with Crippen LogP contribution in [0.5, 0.6) is 0 Å². The summed E-state index contributed by atoms with van der Waals surface area (Å²) in [6.07, 6.45) is 6.53. The molecule has 80 valence electrons. The van der Waals surface area contributed by atoms with Crippen molar-refractivity contribution in [1.82, 2.24) is 10.3 Å². The van der Waals surface area contributed by atoms with Crippen LogP contribution in [0, 0.1) is 5.92 Å². The summed E-state index contributed by atoms with van der Waals surface area (Å²) in [6, 6.07) is 4.90. The van der Waals surface area contributed by atoms with Crippen LogP contribution in [-0.2, 0) is 0 Å². The number of pyridine rings is 1. The van der Waals surface area contributed by atoms with Crippen LogP contribution in [0.15, 0.2) is 24.5 Å². The molecule has 0 aliphatic carbocycles. The molecule has 2 fully saturated rings. The molecule has 0 spiro atoms. The van der Waals surface area contributed by atoms with Gasteiger partial charge in [0, 0.05) is 31.9 Å². The zero-order chi connectivity index (χ0) is 10.1. The summed E-state index contributed by atoms with van der Waals surface area (Å²) in [5.74, 6) is 0.846. The van der Waals surface area contributed by atoms with Crippen molar-refractivity contribution in [2.75, 3.05) is 24.5 Å². The zero-order valence-electron chi connectivity index (χ0n) is 8.89. The van der Waals surface area contributed by atoms with Crippen LogP contribution in [0.4, 0.5) is 5.69 Å². The summed E-state index contributed by atoms with van der Waals surface area (Å²) in [6.45, 7) is 3.52. The first kappa shape index (κ1) is 9.16. The molecular formula is C12H17N3. The van der Waals surface area contributed by atoms with Gasteiger partial charge >= 0.3 is 0 Å². The Morgan fingerprint density at radius 2 is 2.40 bits per heavy atom. The minimum absolute atomic E-state index is 0.697. The van der Waals surface area contributed by atoms with Gasteiger partial charge in [-0.3, -0.25) is 4.98 Å². The topological polar surface area (TPSA) is 28.2 Å². The van der Waals surface area contributed by atoms with Crippen molar-refractivity contribution in [3.8, 4) is 0 Å². The molecule has 0 aromatic carbocycles. The van der Waals surface area contributed by atoms with Gasteiger partial charge in [-0.05, 0) is 30.9 Å². The van der Waals surface area contributed by atoms with Gasteiger partial charge in [0.2, 0.25) is 0 Å². The molecule has 2 unspecified atom stereocenters. The smallest absolute Gasteiger partial charge is 0.0555 e. The number of hydrogen-bond acceptors (Lipinski definition) is 3. The van der Waals surface area contributed by atoms with Crippen LogP contribution < -0.4 is 10.2 Å². The highest BCUT2D eigenvalue weighted by atomic mass is 15.2. The predicted octanol–water partition coefficient (Wildman–Crippen LogP) is 1.27. The summed E-state index contributed by atoms with van der Waals surface area (Å²) in [5.41, 5.74) is 1.29. The highest BCUT2D eigenvalue weighted by Crippen LogP contribution is 2.30. The fourth-order valence-electron chi connectivity index (χ4n) is 2.91. The molecule has 0 amide bonds. The summed E-state index contributed by atoms with van der Waals surface area (Å²) in [7, 11) is 0. The third kappa shape index (κ3) is 1.61. The molecular weight excluding hydrogens is 186 g/mol. The average molecular weight is 203 g/mol. The number of aromatic nitrogens is 1. The lowest BCUT2D eigenvalue weighted by Crippen LogP contribution is -2.45. The third-order valence-electron chi connectivity index (χ3n) is 3.66. The van der Waals surface area contributed by atoms with Gasteiger partial charge in [-0.15, -0.1) is 0 Å². The van der Waals surface area contributed by atoms with Crippen LogP contribution in [0.25, 0.3) is 0 Å². The average Bonchev–Trinajstić information content (AvgIpc) is 2.78. The first-order valence-corrected chi connectivity index (χ1v) is 5.82. The second kappa shape index (κ2) is 3.81. The van der Waals surface area contributed by atoms with Gasteiger partial charge in [-0.25, -0.2) is 0 Å². The van der Waals surface area contributed by atoms with Crippen LogP contribution >= 0.6 is 0 Å². The minimum Gasteiger partial charge on any atom is -0.366 e. The molecule has 0 radical (unpaired) electrons. The molecule has 2 saturated heterocycles. The molecule has 0 bridgehead atoms. The normalized spacial score (nSPS) is 30.3. The number of nitrogens with zero attached hydrogens (tertiary/aromatic N) is 2. The zero-order valence-corrected chi connectivity index (χ0v) is 8.89. The van der Waals surface area contributed by atoms with E-state index in [1.165, 1.54) is 31.6 Å². The molecule has 1 aromatic rings. The second-order valence-electron chi connectivity index (χ2n) is 4.53. The summed E-state index contributed by atoms with van der Waals surface area (Å²) >= 11 is 0. The summed E-state index contributed by atoms with van der Waals surface area (Å²) in [5, 5.41) is 3.50. The van der Waals surface area contributed by atoms with E-state index in [1.807, 2.05) is 18.5 Å². The third-order valence-corrected chi connectivity index (χ3v) is 3.66. The number of hydrogen-bond donors (Lipinski definition) is 1. The van der Waals surface area contributed by atoms with Gasteiger partial charge in [0.25, 0.3) is 0 Å². The molecule has 0 saturated carbocycles. The maximum atomic E-state index is 4.21. The number of anilines is 1. The van der Waals surface area contributed by atoms with E-state index in [0.29, 0.717) is 6.04 Å². The van der Waals surface area contributed by atoms with Crippen LogP contribution in [0.1, 0.15) is 12.8 Å². The van der Waals surface area contributed by atoms with Crippen molar-refractivity contribution in [3.63, 3.8) is 0 Å². The van der Waals surface area contributed by atoms with E-state index in [0.717, 1.165) is 12.5 Å². The van der Waals surface area contributed by atoms with Crippen LogP contribution in [-0.4, -0.2) is 30.7 Å². The fraction of sp³-hybridized carbons (Fsp3) is 0.583. The first-order chi connectivity index (χ1) is 7.45. The molecule has 1 aromatic heterocycles. The molecule has 1 N–H and O–H groups in total. The van der Waals surface area contributed by atoms with Crippen molar-refractivity contribution >= 4 is 5.69 Å². The Morgan fingerprint density at radius 3 is 3.27 bits per heavy atom. The van der Waals surface area contributed by atoms with Crippen LogP contribution in [0.3, 0.4) is 0 Å². The van der Waals surface area contributed by atoms with Gasteiger partial charge in [0.1, 0.15) is 0 Å². The number of nitrogens with one attached hydrogen (secondary N) is 1. The Balaban J connectivity index is 1.85. The van der Waals surface area contributed by atoms with Crippen molar-refractivity contribution in [2.45, 2.75) is 18.9 Å². The molecule has 2 atom stereocenters. The second-order valence-corrected chi connectivity index (χ2v) is 4.53. The maximum absolute atomic E-state index is 4.21. The van der Waals surface area contributed by atoms with Crippen molar-refractivity contribution in [1.29, 1.82) is 0 Å². The lowest BCUT2D eigenvalue weighted by atomic mass is 9.92. The number of rotatable bonds is 1. The van der Waals surface area contributed by atoms with Gasteiger partial charge in [-0.1, -0.05) is 0 Å². The van der Waals surface area contributed by atoms with Gasteiger partial charge < -0.3 is 10.2 Å². The predicted molar refractivity (Wildman–Crippen MR) is 61.0 cm³/mol. The maximum Gasteiger partial charge on any atom is 0.0555 e. The van der Waals surface area contributed by atoms with E-state index in [1.54, 1.807) is 0 Å². The number of piperidine rings is 1. The lowest BCUT2D eigenvalue weighted by Gasteiger charge is -2.38. The molecule has 3 heterocycles. The monoisotopic (exact) mass is 203 g/mol. The standard InChI is InChI=1S/C12H17N3/c1-4-11(8-13-5-1)15-6-2-3-10-7-14-9-12(10)15/h1,4-5,8,10,12,14H,2-3,6-7,9H2. The fourth-order valence-corrected chi connectivity index (χ4v) is 2.91. The first-order valence-electron chi connectivity index (χ1n) is 5.82. The minimum atomic E-state index is 0.697. The summed E-state index contributed by atoms with van der Waals surface area (Å²) in [4.78, 5) is 6.74. The Labute approximate surface area is 90.5 Å².